The van der Waals surface area contributed by atoms with E-state index in [9.17, 15) is 4.79 Å². The van der Waals surface area contributed by atoms with Crippen molar-refractivity contribution in [3.63, 3.8) is 0 Å². The number of nitrogens with zero attached hydrogens (tertiary/aromatic N) is 3. The average Bonchev–Trinajstić information content (AvgIpc) is 3.15. The van der Waals surface area contributed by atoms with Gasteiger partial charge in [0.2, 0.25) is 0 Å². The Balaban J connectivity index is 1.95. The van der Waals surface area contributed by atoms with E-state index in [2.05, 4.69) is 10.1 Å². The molecule has 6 heteroatoms. The number of methoxy groups -OCH3 is 1. The van der Waals surface area contributed by atoms with Gasteiger partial charge in [0, 0.05) is 10.8 Å². The minimum absolute atomic E-state index is 0.229. The molecule has 6 nitrogen and oxygen atoms in total. The fourth-order valence-corrected chi connectivity index (χ4v) is 3.01. The van der Waals surface area contributed by atoms with Crippen molar-refractivity contribution in [3.8, 4) is 5.75 Å². The SMILES string of the molecule is COC(=O)c1c(OCc2ccccc2)c2ccc(C)cc2c2ncnn12. The van der Waals surface area contributed by atoms with Crippen LogP contribution in [-0.2, 0) is 11.3 Å². The second-order valence-corrected chi connectivity index (χ2v) is 5.99. The van der Waals surface area contributed by atoms with Crippen LogP contribution in [0.1, 0.15) is 21.6 Å². The monoisotopic (exact) mass is 347 g/mol. The number of hydrogen-bond acceptors (Lipinski definition) is 5. The van der Waals surface area contributed by atoms with Crippen molar-refractivity contribution in [2.24, 2.45) is 0 Å². The fourth-order valence-electron chi connectivity index (χ4n) is 3.01. The highest BCUT2D eigenvalue weighted by atomic mass is 16.5. The largest absolute Gasteiger partial charge is 0.486 e. The number of esters is 1. The Morgan fingerprint density at radius 2 is 1.92 bits per heavy atom. The van der Waals surface area contributed by atoms with E-state index in [0.717, 1.165) is 21.9 Å². The van der Waals surface area contributed by atoms with Gasteiger partial charge in [-0.2, -0.15) is 5.10 Å². The third kappa shape index (κ3) is 2.65. The first-order chi connectivity index (χ1) is 12.7. The molecule has 0 saturated heterocycles. The zero-order valence-electron chi connectivity index (χ0n) is 14.5. The highest BCUT2D eigenvalue weighted by Crippen LogP contribution is 2.34. The summed E-state index contributed by atoms with van der Waals surface area (Å²) in [6, 6.07) is 15.7. The van der Waals surface area contributed by atoms with Crippen molar-refractivity contribution in [3.05, 3.63) is 71.7 Å². The predicted octanol–water partition coefficient (Wildman–Crippen LogP) is 3.56. The molecule has 0 atom stereocenters. The maximum atomic E-state index is 12.5. The standard InChI is InChI=1S/C20H17N3O3/c1-13-8-9-15-16(10-13)19-21-12-22-23(19)17(20(24)25-2)18(15)26-11-14-6-4-3-5-7-14/h3-10,12H,11H2,1-2H3. The van der Waals surface area contributed by atoms with Crippen LogP contribution in [0.25, 0.3) is 16.4 Å². The maximum absolute atomic E-state index is 12.5. The first-order valence-corrected chi connectivity index (χ1v) is 8.20. The zero-order chi connectivity index (χ0) is 18.1. The van der Waals surface area contributed by atoms with Gasteiger partial charge in [0.15, 0.2) is 17.1 Å². The first kappa shape index (κ1) is 16.1. The van der Waals surface area contributed by atoms with E-state index in [-0.39, 0.29) is 5.69 Å². The van der Waals surface area contributed by atoms with Gasteiger partial charge < -0.3 is 9.47 Å². The van der Waals surface area contributed by atoms with Gasteiger partial charge in [0.1, 0.15) is 12.9 Å². The molecule has 4 aromatic rings. The van der Waals surface area contributed by atoms with E-state index in [1.54, 1.807) is 0 Å². The molecule has 2 aromatic carbocycles. The van der Waals surface area contributed by atoms with Crippen LogP contribution in [0.4, 0.5) is 0 Å². The molecule has 2 heterocycles. The number of carbonyl (C=O) groups excluding carboxylic acids is 1. The van der Waals surface area contributed by atoms with Crippen molar-refractivity contribution in [2.45, 2.75) is 13.5 Å². The van der Waals surface area contributed by atoms with Gasteiger partial charge in [-0.1, -0.05) is 48.0 Å². The summed E-state index contributed by atoms with van der Waals surface area (Å²) in [4.78, 5) is 16.8. The van der Waals surface area contributed by atoms with Gasteiger partial charge >= 0.3 is 5.97 Å². The molecular formula is C20H17N3O3. The van der Waals surface area contributed by atoms with Crippen molar-refractivity contribution in [1.29, 1.82) is 0 Å². The molecule has 0 N–H and O–H groups in total. The molecule has 0 aliphatic carbocycles. The van der Waals surface area contributed by atoms with E-state index in [0.29, 0.717) is 18.0 Å². The number of pyridine rings is 1. The molecule has 0 saturated carbocycles. The highest BCUT2D eigenvalue weighted by Gasteiger charge is 2.24. The van der Waals surface area contributed by atoms with Crippen molar-refractivity contribution in [2.75, 3.05) is 7.11 Å². The highest BCUT2D eigenvalue weighted by molar-refractivity contribution is 6.05. The molecule has 0 unspecified atom stereocenters. The molecule has 0 spiro atoms. The number of carbonyl (C=O) groups is 1. The van der Waals surface area contributed by atoms with Crippen LogP contribution in [-0.4, -0.2) is 27.7 Å². The summed E-state index contributed by atoms with van der Waals surface area (Å²) in [5, 5.41) is 5.88. The second-order valence-electron chi connectivity index (χ2n) is 5.99. The molecule has 4 rings (SSSR count). The van der Waals surface area contributed by atoms with Gasteiger partial charge in [-0.15, -0.1) is 0 Å². The van der Waals surface area contributed by atoms with Gasteiger partial charge in [-0.25, -0.2) is 14.3 Å². The molecule has 0 bridgehead atoms. The van der Waals surface area contributed by atoms with Gasteiger partial charge in [0.05, 0.1) is 7.11 Å². The lowest BCUT2D eigenvalue weighted by atomic mass is 10.1. The molecule has 0 aliphatic rings. The number of aromatic nitrogens is 3. The number of hydrogen-bond donors (Lipinski definition) is 0. The van der Waals surface area contributed by atoms with Crippen LogP contribution in [0.15, 0.2) is 54.9 Å². The lowest BCUT2D eigenvalue weighted by Crippen LogP contribution is -2.13. The van der Waals surface area contributed by atoms with E-state index < -0.39 is 5.97 Å². The molecular weight excluding hydrogens is 330 g/mol. The summed E-state index contributed by atoms with van der Waals surface area (Å²) >= 11 is 0. The Morgan fingerprint density at radius 3 is 2.69 bits per heavy atom. The zero-order valence-corrected chi connectivity index (χ0v) is 14.5. The Hall–Kier alpha value is -3.41. The number of fused-ring (bicyclic) bond motifs is 3. The normalized spacial score (nSPS) is 11.0. The molecule has 0 radical (unpaired) electrons. The van der Waals surface area contributed by atoms with Crippen molar-refractivity contribution in [1.82, 2.24) is 14.6 Å². The maximum Gasteiger partial charge on any atom is 0.360 e. The summed E-state index contributed by atoms with van der Waals surface area (Å²) in [6.07, 6.45) is 1.42. The van der Waals surface area contributed by atoms with Crippen LogP contribution in [0.5, 0.6) is 5.75 Å². The predicted molar refractivity (Wildman–Crippen MR) is 97.3 cm³/mol. The summed E-state index contributed by atoms with van der Waals surface area (Å²) in [5.41, 5.74) is 2.91. The number of benzene rings is 2. The third-order valence-corrected chi connectivity index (χ3v) is 4.24. The van der Waals surface area contributed by atoms with Crippen LogP contribution in [0.3, 0.4) is 0 Å². The van der Waals surface area contributed by atoms with Crippen LogP contribution >= 0.6 is 0 Å². The molecule has 130 valence electrons. The average molecular weight is 347 g/mol. The molecule has 26 heavy (non-hydrogen) atoms. The summed E-state index contributed by atoms with van der Waals surface area (Å²) in [5.74, 6) is -0.0836. The lowest BCUT2D eigenvalue weighted by molar-refractivity contribution is 0.0585. The van der Waals surface area contributed by atoms with E-state index in [4.69, 9.17) is 9.47 Å². The summed E-state index contributed by atoms with van der Waals surface area (Å²) in [6.45, 7) is 2.33. The molecule has 2 aromatic heterocycles. The molecule has 0 amide bonds. The summed E-state index contributed by atoms with van der Waals surface area (Å²) in [7, 11) is 1.34. The van der Waals surface area contributed by atoms with Gasteiger partial charge in [0.25, 0.3) is 0 Å². The van der Waals surface area contributed by atoms with Crippen LogP contribution in [0.2, 0.25) is 0 Å². The Bertz CT molecular complexity index is 1100. The molecule has 0 fully saturated rings. The van der Waals surface area contributed by atoms with E-state index in [1.807, 2.05) is 55.5 Å². The van der Waals surface area contributed by atoms with Crippen LogP contribution < -0.4 is 4.74 Å². The Labute approximate surface area is 150 Å². The fraction of sp³-hybridized carbons (Fsp3) is 0.150. The Morgan fingerprint density at radius 1 is 1.12 bits per heavy atom. The lowest BCUT2D eigenvalue weighted by Gasteiger charge is -2.15. The topological polar surface area (TPSA) is 65.7 Å². The van der Waals surface area contributed by atoms with Crippen LogP contribution in [0, 0.1) is 6.92 Å². The minimum atomic E-state index is -0.522. The number of aryl methyl sites for hydroxylation is 1. The van der Waals surface area contributed by atoms with Crippen molar-refractivity contribution >= 4 is 22.4 Å². The number of ether oxygens (including phenoxy) is 2. The third-order valence-electron chi connectivity index (χ3n) is 4.24. The first-order valence-electron chi connectivity index (χ1n) is 8.20. The minimum Gasteiger partial charge on any atom is -0.486 e. The smallest absolute Gasteiger partial charge is 0.360 e. The van der Waals surface area contributed by atoms with Gasteiger partial charge in [-0.3, -0.25) is 0 Å². The Kier molecular flexibility index (Phi) is 4.01. The molecule has 0 aliphatic heterocycles. The second kappa shape index (κ2) is 6.48. The quantitative estimate of drug-likeness (QED) is 0.528. The van der Waals surface area contributed by atoms with E-state index >= 15 is 0 Å². The number of rotatable bonds is 4. The summed E-state index contributed by atoms with van der Waals surface area (Å²) < 4.78 is 12.5. The van der Waals surface area contributed by atoms with E-state index in [1.165, 1.54) is 18.0 Å². The van der Waals surface area contributed by atoms with Crippen molar-refractivity contribution < 1.29 is 14.3 Å². The van der Waals surface area contributed by atoms with Gasteiger partial charge in [-0.05, 0) is 18.6 Å².